The molecular weight excluding hydrogens is 286 g/mol. The highest BCUT2D eigenvalue weighted by molar-refractivity contribution is 7.90. The molecule has 0 saturated carbocycles. The molecule has 0 unspecified atom stereocenters. The first-order valence-corrected chi connectivity index (χ1v) is 9.30. The van der Waals surface area contributed by atoms with Crippen molar-refractivity contribution in [1.82, 2.24) is 10.3 Å². The van der Waals surface area contributed by atoms with Gasteiger partial charge in [0.15, 0.2) is 0 Å². The normalized spacial score (nSPS) is 11.9. The van der Waals surface area contributed by atoms with E-state index in [1.807, 2.05) is 24.9 Å². The van der Waals surface area contributed by atoms with E-state index in [1.165, 1.54) is 11.8 Å². The molecule has 120 valence electrons. The fourth-order valence-corrected chi connectivity index (χ4v) is 2.55. The van der Waals surface area contributed by atoms with E-state index in [4.69, 9.17) is 0 Å². The summed E-state index contributed by atoms with van der Waals surface area (Å²) in [7, 11) is -1.08. The highest BCUT2D eigenvalue weighted by Crippen LogP contribution is 2.14. The summed E-state index contributed by atoms with van der Waals surface area (Å²) in [6.45, 7) is 8.54. The van der Waals surface area contributed by atoms with Crippen molar-refractivity contribution >= 4 is 15.7 Å². The Labute approximate surface area is 128 Å². The second-order valence-corrected chi connectivity index (χ2v) is 8.31. The van der Waals surface area contributed by atoms with E-state index in [-0.39, 0.29) is 5.75 Å². The van der Waals surface area contributed by atoms with Gasteiger partial charge in [0.25, 0.3) is 0 Å². The van der Waals surface area contributed by atoms with Crippen LogP contribution in [0.4, 0.5) is 5.82 Å². The zero-order valence-corrected chi connectivity index (χ0v) is 14.5. The first-order chi connectivity index (χ1) is 9.67. The largest absolute Gasteiger partial charge is 0.359 e. The Balaban J connectivity index is 2.71. The molecule has 0 aliphatic heterocycles. The molecule has 1 rings (SSSR count). The van der Waals surface area contributed by atoms with E-state index in [2.05, 4.69) is 30.2 Å². The molecule has 0 amide bonds. The van der Waals surface area contributed by atoms with E-state index in [1.54, 1.807) is 0 Å². The highest BCUT2D eigenvalue weighted by atomic mass is 32.2. The van der Waals surface area contributed by atoms with Gasteiger partial charge in [-0.05, 0) is 37.1 Å². The lowest BCUT2D eigenvalue weighted by Gasteiger charge is -2.19. The van der Waals surface area contributed by atoms with Crippen molar-refractivity contribution in [2.45, 2.75) is 27.3 Å². The molecule has 1 aromatic rings. The van der Waals surface area contributed by atoms with Gasteiger partial charge in [-0.25, -0.2) is 13.4 Å². The molecule has 0 aromatic carbocycles. The Hall–Kier alpha value is -1.14. The van der Waals surface area contributed by atoms with E-state index >= 15 is 0 Å². The van der Waals surface area contributed by atoms with Gasteiger partial charge in [-0.2, -0.15) is 0 Å². The van der Waals surface area contributed by atoms with E-state index in [9.17, 15) is 8.42 Å². The van der Waals surface area contributed by atoms with Crippen LogP contribution in [0.2, 0.25) is 0 Å². The predicted octanol–water partition coefficient (Wildman–Crippen LogP) is 1.62. The first-order valence-electron chi connectivity index (χ1n) is 7.24. The maximum Gasteiger partial charge on any atom is 0.149 e. The van der Waals surface area contributed by atoms with Gasteiger partial charge in [0.2, 0.25) is 0 Å². The van der Waals surface area contributed by atoms with Crippen molar-refractivity contribution in [2.75, 3.05) is 37.0 Å². The van der Waals surface area contributed by atoms with Crippen LogP contribution in [-0.2, 0) is 16.4 Å². The second kappa shape index (κ2) is 7.75. The van der Waals surface area contributed by atoms with Crippen LogP contribution < -0.4 is 10.2 Å². The molecule has 21 heavy (non-hydrogen) atoms. The molecule has 0 aliphatic rings. The predicted molar refractivity (Wildman–Crippen MR) is 88.5 cm³/mol. The molecule has 0 saturated heterocycles. The smallest absolute Gasteiger partial charge is 0.149 e. The summed E-state index contributed by atoms with van der Waals surface area (Å²) >= 11 is 0. The number of hydrogen-bond acceptors (Lipinski definition) is 5. The van der Waals surface area contributed by atoms with Crippen molar-refractivity contribution in [3.05, 3.63) is 23.4 Å². The SMILES string of the molecule is Cc1cc(CNCC(C)C)cc(N(C)CCS(C)(=O)=O)n1. The zero-order valence-electron chi connectivity index (χ0n) is 13.7. The number of aryl methyl sites for hydroxylation is 1. The Morgan fingerprint density at radius 3 is 2.57 bits per heavy atom. The van der Waals surface area contributed by atoms with Crippen molar-refractivity contribution in [1.29, 1.82) is 0 Å². The van der Waals surface area contributed by atoms with Crippen molar-refractivity contribution in [3.8, 4) is 0 Å². The number of nitrogens with one attached hydrogen (secondary N) is 1. The molecule has 6 heteroatoms. The Morgan fingerprint density at radius 2 is 2.00 bits per heavy atom. The number of rotatable bonds is 8. The van der Waals surface area contributed by atoms with Crippen LogP contribution in [0.15, 0.2) is 12.1 Å². The summed E-state index contributed by atoms with van der Waals surface area (Å²) < 4.78 is 22.5. The average molecular weight is 313 g/mol. The zero-order chi connectivity index (χ0) is 16.0. The number of hydrogen-bond donors (Lipinski definition) is 1. The molecule has 0 fully saturated rings. The van der Waals surface area contributed by atoms with Crippen LogP contribution in [0.25, 0.3) is 0 Å². The Kier molecular flexibility index (Phi) is 6.61. The third-order valence-electron chi connectivity index (χ3n) is 3.07. The molecule has 0 radical (unpaired) electrons. The number of sulfone groups is 1. The lowest BCUT2D eigenvalue weighted by Crippen LogP contribution is -2.26. The summed E-state index contributed by atoms with van der Waals surface area (Å²) in [6, 6.07) is 4.07. The highest BCUT2D eigenvalue weighted by Gasteiger charge is 2.09. The average Bonchev–Trinajstić information content (AvgIpc) is 2.34. The number of aromatic nitrogens is 1. The minimum atomic E-state index is -2.95. The van der Waals surface area contributed by atoms with Gasteiger partial charge >= 0.3 is 0 Å². The van der Waals surface area contributed by atoms with Gasteiger partial charge in [-0.15, -0.1) is 0 Å². The van der Waals surface area contributed by atoms with E-state index in [0.29, 0.717) is 12.5 Å². The second-order valence-electron chi connectivity index (χ2n) is 6.05. The van der Waals surface area contributed by atoms with Gasteiger partial charge in [0.1, 0.15) is 15.7 Å². The summed E-state index contributed by atoms with van der Waals surface area (Å²) in [4.78, 5) is 6.37. The van der Waals surface area contributed by atoms with Crippen molar-refractivity contribution in [3.63, 3.8) is 0 Å². The molecule has 0 aliphatic carbocycles. The van der Waals surface area contributed by atoms with Crippen LogP contribution >= 0.6 is 0 Å². The summed E-state index contributed by atoms with van der Waals surface area (Å²) in [6.07, 6.45) is 1.26. The molecule has 0 atom stereocenters. The summed E-state index contributed by atoms with van der Waals surface area (Å²) in [5.41, 5.74) is 2.12. The molecule has 5 nitrogen and oxygen atoms in total. The summed E-state index contributed by atoms with van der Waals surface area (Å²) in [5.74, 6) is 1.57. The number of nitrogens with zero attached hydrogens (tertiary/aromatic N) is 2. The van der Waals surface area contributed by atoms with Crippen LogP contribution in [0.3, 0.4) is 0 Å². The minimum Gasteiger partial charge on any atom is -0.359 e. The van der Waals surface area contributed by atoms with Gasteiger partial charge in [-0.3, -0.25) is 0 Å². The van der Waals surface area contributed by atoms with Gasteiger partial charge < -0.3 is 10.2 Å². The van der Waals surface area contributed by atoms with Crippen molar-refractivity contribution < 1.29 is 8.42 Å². The fraction of sp³-hybridized carbons (Fsp3) is 0.667. The molecule has 1 heterocycles. The Bertz CT molecular complexity index is 556. The quantitative estimate of drug-likeness (QED) is 0.790. The van der Waals surface area contributed by atoms with E-state index in [0.717, 1.165) is 24.6 Å². The molecular formula is C15H27N3O2S. The maximum atomic E-state index is 11.2. The third-order valence-corrected chi connectivity index (χ3v) is 3.99. The molecule has 1 N–H and O–H groups in total. The maximum absolute atomic E-state index is 11.2. The number of anilines is 1. The van der Waals surface area contributed by atoms with E-state index < -0.39 is 9.84 Å². The minimum absolute atomic E-state index is 0.139. The lowest BCUT2D eigenvalue weighted by molar-refractivity contribution is 0.552. The van der Waals surface area contributed by atoms with Gasteiger partial charge in [0, 0.05) is 32.1 Å². The molecule has 1 aromatic heterocycles. The van der Waals surface area contributed by atoms with Crippen LogP contribution in [0, 0.1) is 12.8 Å². The van der Waals surface area contributed by atoms with Crippen LogP contribution in [-0.4, -0.2) is 45.5 Å². The fourth-order valence-electron chi connectivity index (χ4n) is 1.94. The topological polar surface area (TPSA) is 62.3 Å². The van der Waals surface area contributed by atoms with Crippen LogP contribution in [0.1, 0.15) is 25.1 Å². The summed E-state index contributed by atoms with van der Waals surface area (Å²) in [5, 5.41) is 3.41. The Morgan fingerprint density at radius 1 is 1.33 bits per heavy atom. The lowest BCUT2D eigenvalue weighted by atomic mass is 10.2. The van der Waals surface area contributed by atoms with Gasteiger partial charge in [-0.1, -0.05) is 13.8 Å². The monoisotopic (exact) mass is 313 g/mol. The number of pyridine rings is 1. The molecule has 0 bridgehead atoms. The first kappa shape index (κ1) is 17.9. The van der Waals surface area contributed by atoms with Crippen LogP contribution in [0.5, 0.6) is 0 Å². The standard InChI is InChI=1S/C15H27N3O2S/c1-12(2)10-16-11-14-8-13(3)17-15(9-14)18(4)6-7-21(5,19)20/h8-9,12,16H,6-7,10-11H2,1-5H3. The molecule has 0 spiro atoms. The van der Waals surface area contributed by atoms with Crippen molar-refractivity contribution in [2.24, 2.45) is 5.92 Å². The van der Waals surface area contributed by atoms with Gasteiger partial charge in [0.05, 0.1) is 5.75 Å². The third kappa shape index (κ3) is 7.43.